The van der Waals surface area contributed by atoms with Gasteiger partial charge in [-0.15, -0.1) is 0 Å². The average Bonchev–Trinajstić information content (AvgIpc) is 3.32. The highest BCUT2D eigenvalue weighted by Gasteiger charge is 2.32. The van der Waals surface area contributed by atoms with Crippen molar-refractivity contribution in [2.45, 2.75) is 18.5 Å². The maximum Gasteiger partial charge on any atom is 0.341 e. The van der Waals surface area contributed by atoms with Crippen molar-refractivity contribution in [1.29, 1.82) is 0 Å². The summed E-state index contributed by atoms with van der Waals surface area (Å²) in [7, 11) is 1.63. The summed E-state index contributed by atoms with van der Waals surface area (Å²) < 4.78 is 10.8. The van der Waals surface area contributed by atoms with E-state index < -0.39 is 18.6 Å². The summed E-state index contributed by atoms with van der Waals surface area (Å²) >= 11 is 0. The Kier molecular flexibility index (Phi) is 6.82. The second-order valence-corrected chi connectivity index (χ2v) is 7.49. The van der Waals surface area contributed by atoms with E-state index in [4.69, 9.17) is 14.6 Å². The number of carbonyl (C=O) groups excluding carboxylic acids is 1. The van der Waals surface area contributed by atoms with Crippen LogP contribution >= 0.6 is 0 Å². The number of fused-ring (bicyclic) bond motifs is 1. The van der Waals surface area contributed by atoms with E-state index in [2.05, 4.69) is 21.4 Å². The molecule has 9 nitrogen and oxygen atoms in total. The standard InChI is InChI=1S/C24H24N4O5/c1-32-21-11-10-15-6-2-4-8-17(15)23(21)18-12-19(27-26-18)24(31)28-25-13-16-7-3-5-9-20(16)33-14-22(29)30/h2-11,13,18-19,26-27H,12,14H2,1H3,(H,28,31)(H,29,30)/b25-13+. The number of hydrogen-bond acceptors (Lipinski definition) is 7. The molecule has 2 unspecified atom stereocenters. The predicted molar refractivity (Wildman–Crippen MR) is 123 cm³/mol. The van der Waals surface area contributed by atoms with Gasteiger partial charge < -0.3 is 14.6 Å². The van der Waals surface area contributed by atoms with Crippen molar-refractivity contribution < 1.29 is 24.2 Å². The lowest BCUT2D eigenvalue weighted by molar-refractivity contribution is -0.139. The Hall–Kier alpha value is -3.95. The molecule has 170 valence electrons. The van der Waals surface area contributed by atoms with Gasteiger partial charge in [0.1, 0.15) is 17.5 Å². The lowest BCUT2D eigenvalue weighted by Crippen LogP contribution is -2.41. The van der Waals surface area contributed by atoms with Crippen molar-refractivity contribution >= 4 is 28.9 Å². The molecule has 0 radical (unpaired) electrons. The van der Waals surface area contributed by atoms with Crippen molar-refractivity contribution in [2.24, 2.45) is 5.10 Å². The summed E-state index contributed by atoms with van der Waals surface area (Å²) in [5.74, 6) is -0.261. The van der Waals surface area contributed by atoms with Gasteiger partial charge in [0.25, 0.3) is 5.91 Å². The molecule has 3 aromatic carbocycles. The Morgan fingerprint density at radius 2 is 1.88 bits per heavy atom. The molecule has 0 aromatic heterocycles. The number of hydrazine groups is 1. The third-order valence-electron chi connectivity index (χ3n) is 5.37. The molecular weight excluding hydrogens is 424 g/mol. The van der Waals surface area contributed by atoms with Crippen LogP contribution in [0.1, 0.15) is 23.6 Å². The van der Waals surface area contributed by atoms with Gasteiger partial charge in [0.2, 0.25) is 0 Å². The lowest BCUT2D eigenvalue weighted by Gasteiger charge is -2.17. The largest absolute Gasteiger partial charge is 0.496 e. The molecule has 4 N–H and O–H groups in total. The minimum Gasteiger partial charge on any atom is -0.496 e. The Bertz CT molecular complexity index is 1200. The van der Waals surface area contributed by atoms with Crippen LogP contribution in [0.4, 0.5) is 0 Å². The minimum atomic E-state index is -1.08. The number of hydrazone groups is 1. The normalized spacial score (nSPS) is 17.8. The molecule has 3 aromatic rings. The quantitative estimate of drug-likeness (QED) is 0.308. The van der Waals surface area contributed by atoms with Crippen molar-refractivity contribution in [3.05, 3.63) is 71.8 Å². The van der Waals surface area contributed by atoms with Gasteiger partial charge in [0.05, 0.1) is 19.4 Å². The van der Waals surface area contributed by atoms with E-state index in [0.717, 1.165) is 22.1 Å². The lowest BCUT2D eigenvalue weighted by atomic mass is 9.95. The second kappa shape index (κ2) is 10.1. The van der Waals surface area contributed by atoms with Gasteiger partial charge >= 0.3 is 5.97 Å². The van der Waals surface area contributed by atoms with E-state index in [1.807, 2.05) is 36.4 Å². The van der Waals surface area contributed by atoms with Gasteiger partial charge in [-0.2, -0.15) is 5.10 Å². The fourth-order valence-electron chi connectivity index (χ4n) is 3.83. The highest BCUT2D eigenvalue weighted by atomic mass is 16.5. The van der Waals surface area contributed by atoms with Crippen molar-refractivity contribution in [3.63, 3.8) is 0 Å². The molecule has 9 heteroatoms. The third kappa shape index (κ3) is 5.11. The Balaban J connectivity index is 1.43. The van der Waals surface area contributed by atoms with Crippen molar-refractivity contribution in [3.8, 4) is 11.5 Å². The number of rotatable bonds is 8. The number of methoxy groups -OCH3 is 1. The highest BCUT2D eigenvalue weighted by Crippen LogP contribution is 2.36. The zero-order chi connectivity index (χ0) is 23.2. The van der Waals surface area contributed by atoms with E-state index in [1.54, 1.807) is 31.4 Å². The van der Waals surface area contributed by atoms with Crippen molar-refractivity contribution in [1.82, 2.24) is 16.3 Å². The monoisotopic (exact) mass is 448 g/mol. The highest BCUT2D eigenvalue weighted by molar-refractivity contribution is 5.89. The van der Waals surface area contributed by atoms with E-state index in [9.17, 15) is 9.59 Å². The Morgan fingerprint density at radius 3 is 2.70 bits per heavy atom. The summed E-state index contributed by atoms with van der Waals surface area (Å²) in [5.41, 5.74) is 10.3. The van der Waals surface area contributed by atoms with Crippen LogP contribution in [0.5, 0.6) is 11.5 Å². The molecular formula is C24H24N4O5. The smallest absolute Gasteiger partial charge is 0.341 e. The average molecular weight is 448 g/mol. The first-order chi connectivity index (χ1) is 16.1. The molecule has 4 rings (SSSR count). The van der Waals surface area contributed by atoms with E-state index in [0.29, 0.717) is 17.7 Å². The topological polar surface area (TPSA) is 121 Å². The zero-order valence-corrected chi connectivity index (χ0v) is 17.9. The molecule has 2 atom stereocenters. The summed E-state index contributed by atoms with van der Waals surface area (Å²) in [6, 6.07) is 18.2. The van der Waals surface area contributed by atoms with E-state index in [-0.39, 0.29) is 11.9 Å². The number of amides is 1. The van der Waals surface area contributed by atoms with Crippen LogP contribution in [0.3, 0.4) is 0 Å². The number of nitrogens with zero attached hydrogens (tertiary/aromatic N) is 1. The summed E-state index contributed by atoms with van der Waals surface area (Å²) in [4.78, 5) is 23.4. The zero-order valence-electron chi connectivity index (χ0n) is 17.9. The number of carboxylic acids is 1. The first-order valence-electron chi connectivity index (χ1n) is 10.4. The number of carboxylic acid groups (broad SMARTS) is 1. The molecule has 0 saturated carbocycles. The molecule has 1 saturated heterocycles. The van der Waals surface area contributed by atoms with E-state index >= 15 is 0 Å². The second-order valence-electron chi connectivity index (χ2n) is 7.49. The maximum absolute atomic E-state index is 12.7. The fraction of sp³-hybridized carbons (Fsp3) is 0.208. The SMILES string of the molecule is COc1ccc2ccccc2c1C1CC(C(=O)N/N=C/c2ccccc2OCC(=O)O)NN1. The Morgan fingerprint density at radius 1 is 1.09 bits per heavy atom. The number of ether oxygens (including phenoxy) is 2. The van der Waals surface area contributed by atoms with Gasteiger partial charge in [-0.1, -0.05) is 42.5 Å². The number of carbonyl (C=O) groups is 2. The van der Waals surface area contributed by atoms with Crippen LogP contribution in [-0.2, 0) is 9.59 Å². The van der Waals surface area contributed by atoms with Crippen LogP contribution in [0.15, 0.2) is 65.8 Å². The first kappa shape index (κ1) is 22.3. The number of nitrogens with one attached hydrogen (secondary N) is 3. The van der Waals surface area contributed by atoms with Gasteiger partial charge in [0.15, 0.2) is 6.61 Å². The van der Waals surface area contributed by atoms with Gasteiger partial charge in [-0.25, -0.2) is 21.1 Å². The number of benzene rings is 3. The molecule has 1 aliphatic heterocycles. The van der Waals surface area contributed by atoms with Gasteiger partial charge in [-0.3, -0.25) is 4.79 Å². The van der Waals surface area contributed by atoms with Crippen LogP contribution in [0.25, 0.3) is 10.8 Å². The summed E-state index contributed by atoms with van der Waals surface area (Å²) in [6.07, 6.45) is 1.92. The molecule has 1 heterocycles. The summed E-state index contributed by atoms with van der Waals surface area (Å²) in [6.45, 7) is -0.464. The fourth-order valence-corrected chi connectivity index (χ4v) is 3.83. The molecule has 1 aliphatic rings. The predicted octanol–water partition coefficient (Wildman–Crippen LogP) is 2.37. The Labute approximate surface area is 190 Å². The molecule has 1 amide bonds. The molecule has 1 fully saturated rings. The van der Waals surface area contributed by atoms with Gasteiger partial charge in [0, 0.05) is 11.1 Å². The van der Waals surface area contributed by atoms with Crippen LogP contribution in [0.2, 0.25) is 0 Å². The molecule has 0 bridgehead atoms. The number of hydrogen-bond donors (Lipinski definition) is 4. The van der Waals surface area contributed by atoms with Crippen LogP contribution in [0, 0.1) is 0 Å². The molecule has 0 aliphatic carbocycles. The van der Waals surface area contributed by atoms with Crippen LogP contribution < -0.4 is 25.8 Å². The molecule has 0 spiro atoms. The van der Waals surface area contributed by atoms with E-state index in [1.165, 1.54) is 6.21 Å². The first-order valence-corrected chi connectivity index (χ1v) is 10.4. The number of aliphatic carboxylic acids is 1. The van der Waals surface area contributed by atoms with Crippen molar-refractivity contribution in [2.75, 3.05) is 13.7 Å². The number of para-hydroxylation sites is 1. The maximum atomic E-state index is 12.7. The third-order valence-corrected chi connectivity index (χ3v) is 5.37. The van der Waals surface area contributed by atoms with Gasteiger partial charge in [-0.05, 0) is 35.4 Å². The van der Waals surface area contributed by atoms with Crippen LogP contribution in [-0.4, -0.2) is 43.0 Å². The molecule has 33 heavy (non-hydrogen) atoms. The summed E-state index contributed by atoms with van der Waals surface area (Å²) in [5, 5.41) is 15.0. The minimum absolute atomic E-state index is 0.129.